The molecule has 1 aliphatic heterocycles. The van der Waals surface area contributed by atoms with Crippen LogP contribution in [0, 0.1) is 17.0 Å². The number of fused-ring (bicyclic) bond motifs is 1. The highest BCUT2D eigenvalue weighted by Gasteiger charge is 2.25. The van der Waals surface area contributed by atoms with Crippen LogP contribution in [0.25, 0.3) is 16.6 Å². The molecule has 2 N–H and O–H groups in total. The number of aliphatic imine (C=N–C) groups is 1. The van der Waals surface area contributed by atoms with Gasteiger partial charge in [-0.3, -0.25) is 14.5 Å². The van der Waals surface area contributed by atoms with Crippen LogP contribution in [0.15, 0.2) is 64.5 Å². The lowest BCUT2D eigenvalue weighted by atomic mass is 9.87. The monoisotopic (exact) mass is 644 g/mol. The summed E-state index contributed by atoms with van der Waals surface area (Å²) in [5.74, 6) is -1.38. The number of carbonyl (C=O) groups is 1. The molecule has 1 aliphatic rings. The van der Waals surface area contributed by atoms with Gasteiger partial charge in [-0.15, -0.1) is 11.6 Å². The average Bonchev–Trinajstić information content (AvgIpc) is 3.13. The Morgan fingerprint density at radius 1 is 1.11 bits per heavy atom. The largest absolute Gasteiger partial charge is 0.365 e. The Balaban J connectivity index is 1.61. The third-order valence-corrected chi connectivity index (χ3v) is 8.79. The summed E-state index contributed by atoms with van der Waals surface area (Å²) in [6.07, 6.45) is 9.53. The van der Waals surface area contributed by atoms with Crippen LogP contribution < -0.4 is 10.0 Å². The van der Waals surface area contributed by atoms with Crippen LogP contribution in [-0.4, -0.2) is 46.8 Å². The van der Waals surface area contributed by atoms with E-state index >= 15 is 0 Å². The number of Topliss-reactive ketones (excluding diaryl/α,β-unsaturated/α-hetero) is 1. The van der Waals surface area contributed by atoms with Crippen molar-refractivity contribution in [2.75, 3.05) is 5.32 Å². The minimum absolute atomic E-state index is 0.000243. The third-order valence-electron chi connectivity index (χ3n) is 7.02. The number of carbonyl (C=O) groups excluding carboxylic acids is 1. The molecule has 234 valence electrons. The fourth-order valence-corrected chi connectivity index (χ4v) is 6.03. The average molecular weight is 645 g/mol. The van der Waals surface area contributed by atoms with Crippen molar-refractivity contribution in [2.24, 2.45) is 10.4 Å². The molecule has 9 nitrogen and oxygen atoms in total. The molecule has 0 saturated heterocycles. The smallest absolute Gasteiger partial charge is 0.264 e. The highest BCUT2D eigenvalue weighted by Crippen LogP contribution is 2.27. The van der Waals surface area contributed by atoms with E-state index in [0.29, 0.717) is 40.6 Å². The van der Waals surface area contributed by atoms with Crippen molar-refractivity contribution >= 4 is 56.0 Å². The lowest BCUT2D eigenvalue weighted by molar-refractivity contribution is -0.126. The number of nitrogens with zero attached hydrogens (tertiary/aromatic N) is 4. The number of hydrogen-bond acceptors (Lipinski definition) is 8. The molecule has 13 heteroatoms. The number of allylic oxidation sites excluding steroid dienone is 3. The van der Waals surface area contributed by atoms with E-state index in [9.17, 15) is 22.0 Å². The van der Waals surface area contributed by atoms with Crippen molar-refractivity contribution in [2.45, 2.75) is 76.1 Å². The normalized spacial score (nSPS) is 16.2. The maximum atomic E-state index is 14.3. The summed E-state index contributed by atoms with van der Waals surface area (Å²) in [5.41, 5.74) is 1.57. The van der Waals surface area contributed by atoms with Gasteiger partial charge in [-0.25, -0.2) is 32.2 Å². The summed E-state index contributed by atoms with van der Waals surface area (Å²) < 4.78 is 55.9. The first-order valence-corrected chi connectivity index (χ1v) is 16.2. The van der Waals surface area contributed by atoms with Gasteiger partial charge in [0.2, 0.25) is 0 Å². The van der Waals surface area contributed by atoms with Crippen LogP contribution in [0.4, 0.5) is 14.6 Å². The summed E-state index contributed by atoms with van der Waals surface area (Å²) >= 11 is 6.39. The first-order valence-electron chi connectivity index (χ1n) is 14.3. The van der Waals surface area contributed by atoms with Crippen molar-refractivity contribution in [1.82, 2.24) is 19.7 Å². The molecule has 0 bridgehead atoms. The van der Waals surface area contributed by atoms with Gasteiger partial charge in [-0.1, -0.05) is 34.1 Å². The molecule has 2 atom stereocenters. The zero-order valence-corrected chi connectivity index (χ0v) is 26.5. The first-order chi connectivity index (χ1) is 20.8. The Hall–Kier alpha value is -3.77. The van der Waals surface area contributed by atoms with Gasteiger partial charge in [-0.05, 0) is 49.6 Å². The first kappa shape index (κ1) is 33.1. The maximum absolute atomic E-state index is 14.3. The van der Waals surface area contributed by atoms with E-state index < -0.39 is 31.9 Å². The van der Waals surface area contributed by atoms with Crippen molar-refractivity contribution < 1.29 is 22.0 Å². The summed E-state index contributed by atoms with van der Waals surface area (Å²) in [6, 6.07) is 5.71. The van der Waals surface area contributed by atoms with Gasteiger partial charge in [0.05, 0.1) is 16.9 Å². The van der Waals surface area contributed by atoms with Crippen molar-refractivity contribution in [3.05, 3.63) is 72.0 Å². The zero-order chi connectivity index (χ0) is 32.1. The minimum atomic E-state index is -4.45. The number of nitrogens with one attached hydrogen (secondary N) is 2. The number of benzene rings is 1. The van der Waals surface area contributed by atoms with E-state index in [1.54, 1.807) is 12.1 Å². The number of pyridine rings is 1. The molecular formula is C31H35ClF2N6O3S. The van der Waals surface area contributed by atoms with Gasteiger partial charge in [0.25, 0.3) is 10.0 Å². The number of aromatic nitrogens is 3. The number of ketones is 1. The molecule has 44 heavy (non-hydrogen) atoms. The zero-order valence-electron chi connectivity index (χ0n) is 24.9. The fraction of sp³-hybridized carbons (Fsp3) is 0.387. The molecular weight excluding hydrogens is 610 g/mol. The van der Waals surface area contributed by atoms with E-state index in [2.05, 4.69) is 31.9 Å². The number of halogens is 3. The molecule has 0 radical (unpaired) electrons. The molecule has 4 rings (SSSR count). The number of anilines is 1. The van der Waals surface area contributed by atoms with E-state index in [1.165, 1.54) is 24.8 Å². The third kappa shape index (κ3) is 8.23. The highest BCUT2D eigenvalue weighted by molar-refractivity contribution is 7.89. The van der Waals surface area contributed by atoms with Crippen LogP contribution in [0.2, 0.25) is 0 Å². The Morgan fingerprint density at radius 3 is 2.59 bits per heavy atom. The minimum Gasteiger partial charge on any atom is -0.365 e. The molecule has 0 spiro atoms. The molecule has 1 unspecified atom stereocenters. The molecule has 3 aromatic rings. The highest BCUT2D eigenvalue weighted by atomic mass is 35.5. The van der Waals surface area contributed by atoms with E-state index in [4.69, 9.17) is 16.6 Å². The predicted octanol–water partition coefficient (Wildman–Crippen LogP) is 6.56. The second-order valence-electron chi connectivity index (χ2n) is 11.5. The number of alkyl halides is 1. The fourth-order valence-electron chi connectivity index (χ4n) is 4.61. The summed E-state index contributed by atoms with van der Waals surface area (Å²) in [4.78, 5) is 29.5. The van der Waals surface area contributed by atoms with Gasteiger partial charge < -0.3 is 5.32 Å². The van der Waals surface area contributed by atoms with E-state index in [1.807, 2.05) is 20.8 Å². The summed E-state index contributed by atoms with van der Waals surface area (Å²) in [7, 11) is -4.45. The molecule has 3 heterocycles. The molecule has 1 aromatic carbocycles. The Labute approximate surface area is 261 Å². The number of hydrogen-bond donors (Lipinski definition) is 2. The van der Waals surface area contributed by atoms with Crippen molar-refractivity contribution in [3.8, 4) is 0 Å². The van der Waals surface area contributed by atoms with Crippen molar-refractivity contribution in [3.63, 3.8) is 0 Å². The molecule has 0 amide bonds. The predicted molar refractivity (Wildman–Crippen MR) is 169 cm³/mol. The van der Waals surface area contributed by atoms with Gasteiger partial charge in [-0.2, -0.15) is 0 Å². The molecule has 0 fully saturated rings. The molecule has 0 aliphatic carbocycles. The lowest BCUT2D eigenvalue weighted by Gasteiger charge is -2.21. The Bertz CT molecular complexity index is 1740. The SMILES string of the molecule is CCC[C@@H](CCCC(=O)C(C)(C)C)Nc1ncnc2ccc(C3=CN=CC(Cl)C(NS(=O)(=O)c4ccc(F)cc4F)=C3)nc12. The van der Waals surface area contributed by atoms with Crippen molar-refractivity contribution in [1.29, 1.82) is 0 Å². The standard InChI is InChI=1S/C31H35ClF2N6O3S/c1-5-7-21(8-6-9-28(41)31(2,3)4)38-30-29-25(36-18-37-30)12-11-24(39-29)19-14-26(22(32)17-35-16-19)40-44(42,43)27-13-10-20(33)15-23(27)34/h10-18,21-22,40H,5-9H2,1-4H3,(H,36,37,38)/t21-,22?/m0/s1. The quantitative estimate of drug-likeness (QED) is 0.214. The second-order valence-corrected chi connectivity index (χ2v) is 13.7. The van der Waals surface area contributed by atoms with E-state index in [-0.39, 0.29) is 22.9 Å². The summed E-state index contributed by atoms with van der Waals surface area (Å²) in [6.45, 7) is 7.87. The lowest BCUT2D eigenvalue weighted by Crippen LogP contribution is -2.29. The second kappa shape index (κ2) is 13.9. The Morgan fingerprint density at radius 2 is 1.89 bits per heavy atom. The van der Waals surface area contributed by atoms with Gasteiger partial charge >= 0.3 is 0 Å². The van der Waals surface area contributed by atoms with Gasteiger partial charge in [0.1, 0.15) is 39.5 Å². The number of rotatable bonds is 12. The maximum Gasteiger partial charge on any atom is 0.264 e. The molecule has 0 saturated carbocycles. The Kier molecular flexibility index (Phi) is 10.5. The van der Waals surface area contributed by atoms with Crippen LogP contribution in [0.1, 0.15) is 65.5 Å². The van der Waals surface area contributed by atoms with Crippen LogP contribution in [0.3, 0.4) is 0 Å². The van der Waals surface area contributed by atoms with Crippen LogP contribution in [0.5, 0.6) is 0 Å². The van der Waals surface area contributed by atoms with Crippen LogP contribution in [-0.2, 0) is 14.8 Å². The van der Waals surface area contributed by atoms with Crippen LogP contribution >= 0.6 is 11.6 Å². The van der Waals surface area contributed by atoms with E-state index in [0.717, 1.165) is 37.8 Å². The number of sulfonamides is 1. The summed E-state index contributed by atoms with van der Waals surface area (Å²) in [5, 5.41) is 2.49. The van der Waals surface area contributed by atoms with Gasteiger partial charge in [0.15, 0.2) is 5.82 Å². The topological polar surface area (TPSA) is 126 Å². The van der Waals surface area contributed by atoms with Gasteiger partial charge in [0, 0.05) is 41.9 Å². The molecule has 2 aromatic heterocycles.